The van der Waals surface area contributed by atoms with Crippen LogP contribution < -0.4 is 15.2 Å². The molecule has 0 bridgehead atoms. The van der Waals surface area contributed by atoms with Gasteiger partial charge < -0.3 is 20.8 Å². The highest BCUT2D eigenvalue weighted by Crippen LogP contribution is 2.37. The van der Waals surface area contributed by atoms with E-state index in [4.69, 9.17) is 10.5 Å². The number of hydrogen-bond acceptors (Lipinski definition) is 4. The molecule has 2 rings (SSSR count). The molecule has 0 amide bonds. The zero-order chi connectivity index (χ0) is 11.2. The smallest absolute Gasteiger partial charge is 0.222 e. The monoisotopic (exact) mass is 210 g/mol. The van der Waals surface area contributed by atoms with Crippen molar-refractivity contribution in [2.24, 2.45) is 5.73 Å². The van der Waals surface area contributed by atoms with E-state index in [-0.39, 0.29) is 0 Å². The Hall–Kier alpha value is -1.33. The summed E-state index contributed by atoms with van der Waals surface area (Å²) in [6.07, 6.45) is 1.88. The average molecular weight is 210 g/mol. The van der Waals surface area contributed by atoms with E-state index in [2.05, 4.69) is 0 Å². The van der Waals surface area contributed by atoms with E-state index in [0.717, 1.165) is 0 Å². The fraction of sp³-hybridized carbons (Fsp3) is 0.500. The van der Waals surface area contributed by atoms with Gasteiger partial charge in [-0.05, 0) is 13.8 Å². The fourth-order valence-electron chi connectivity index (χ4n) is 1.78. The first kappa shape index (κ1) is 10.2. The summed E-state index contributed by atoms with van der Waals surface area (Å²) in [5.41, 5.74) is 5.76. The zero-order valence-corrected chi connectivity index (χ0v) is 8.68. The number of aromatic nitrogens is 1. The average Bonchev–Trinajstić information content (AvgIpc) is 2.13. The van der Waals surface area contributed by atoms with Crippen molar-refractivity contribution < 1.29 is 14.6 Å². The van der Waals surface area contributed by atoms with Gasteiger partial charge in [-0.1, -0.05) is 0 Å². The van der Waals surface area contributed by atoms with Crippen LogP contribution in [0.1, 0.15) is 25.5 Å². The van der Waals surface area contributed by atoms with Gasteiger partial charge in [0.25, 0.3) is 0 Å². The van der Waals surface area contributed by atoms with E-state index in [1.54, 1.807) is 19.9 Å². The summed E-state index contributed by atoms with van der Waals surface area (Å²) in [6.45, 7) is 3.48. The van der Waals surface area contributed by atoms with Gasteiger partial charge in [0.05, 0.1) is 6.04 Å². The van der Waals surface area contributed by atoms with Gasteiger partial charge in [0, 0.05) is 11.6 Å². The van der Waals surface area contributed by atoms with Crippen LogP contribution >= 0.6 is 0 Å². The van der Waals surface area contributed by atoms with Gasteiger partial charge >= 0.3 is 0 Å². The molecule has 0 fully saturated rings. The molecule has 3 N–H and O–H groups in total. The minimum absolute atomic E-state index is 0.440. The van der Waals surface area contributed by atoms with Gasteiger partial charge in [-0.25, -0.2) is 0 Å². The first-order chi connectivity index (χ1) is 6.92. The van der Waals surface area contributed by atoms with Gasteiger partial charge in [-0.2, -0.15) is 4.73 Å². The SMILES string of the molecule is CC1(C)Oc2c[n+]([O-])ccc2[C@@H](N)[C@@H]1O. The standard InChI is InChI=1S/C10H14N2O3/c1-10(2)9(13)8(11)6-3-4-12(14)5-7(6)15-10/h3-5,8-9,13H,11H2,1-2H3/t8-,9+/m1/s1. The number of nitrogens with zero attached hydrogens (tertiary/aromatic N) is 1. The quantitative estimate of drug-likeness (QED) is 0.461. The third-order valence-corrected chi connectivity index (χ3v) is 2.71. The van der Waals surface area contributed by atoms with Crippen molar-refractivity contribution in [3.63, 3.8) is 0 Å². The van der Waals surface area contributed by atoms with Crippen LogP contribution in [0.4, 0.5) is 0 Å². The lowest BCUT2D eigenvalue weighted by atomic mass is 9.88. The van der Waals surface area contributed by atoms with Crippen LogP contribution in [0.2, 0.25) is 0 Å². The van der Waals surface area contributed by atoms with Crippen molar-refractivity contribution in [3.05, 3.63) is 29.2 Å². The number of hydrogen-bond donors (Lipinski definition) is 2. The first-order valence-electron chi connectivity index (χ1n) is 4.77. The van der Waals surface area contributed by atoms with Crippen LogP contribution in [0.15, 0.2) is 18.5 Å². The maximum atomic E-state index is 11.1. The zero-order valence-electron chi connectivity index (χ0n) is 8.68. The van der Waals surface area contributed by atoms with Gasteiger partial charge in [-0.3, -0.25) is 0 Å². The lowest BCUT2D eigenvalue weighted by Crippen LogP contribution is -2.51. The molecule has 2 heterocycles. The van der Waals surface area contributed by atoms with Gasteiger partial charge in [-0.15, -0.1) is 0 Å². The van der Waals surface area contributed by atoms with Crippen molar-refractivity contribution in [2.75, 3.05) is 0 Å². The number of nitrogens with two attached hydrogens (primary N) is 1. The Labute approximate surface area is 87.7 Å². The summed E-state index contributed by atoms with van der Waals surface area (Å²) in [5.74, 6) is 0.440. The molecular formula is C10H14N2O3. The van der Waals surface area contributed by atoms with Crippen molar-refractivity contribution in [3.8, 4) is 5.75 Å². The molecule has 5 heteroatoms. The normalized spacial score (nSPS) is 28.0. The largest absolute Gasteiger partial charge is 0.619 e. The fourth-order valence-corrected chi connectivity index (χ4v) is 1.78. The third kappa shape index (κ3) is 1.53. The molecule has 1 aliphatic rings. The van der Waals surface area contributed by atoms with Crippen molar-refractivity contribution in [2.45, 2.75) is 31.6 Å². The Kier molecular flexibility index (Phi) is 2.09. The highest BCUT2D eigenvalue weighted by Gasteiger charge is 2.42. The van der Waals surface area contributed by atoms with Crippen LogP contribution in [0.3, 0.4) is 0 Å². The summed E-state index contributed by atoms with van der Waals surface area (Å²) in [7, 11) is 0. The predicted molar refractivity (Wildman–Crippen MR) is 53.0 cm³/mol. The Bertz CT molecular complexity index is 392. The minimum atomic E-state index is -0.785. The molecule has 2 atom stereocenters. The van der Waals surface area contributed by atoms with E-state index < -0.39 is 17.7 Å². The minimum Gasteiger partial charge on any atom is -0.619 e. The Morgan fingerprint density at radius 1 is 1.60 bits per heavy atom. The molecule has 0 saturated heterocycles. The Morgan fingerprint density at radius 2 is 2.27 bits per heavy atom. The van der Waals surface area contributed by atoms with Crippen molar-refractivity contribution in [1.82, 2.24) is 0 Å². The number of aliphatic hydroxyl groups excluding tert-OH is 1. The second-order valence-electron chi connectivity index (χ2n) is 4.30. The molecule has 1 aliphatic heterocycles. The number of fused-ring (bicyclic) bond motifs is 1. The van der Waals surface area contributed by atoms with Crippen LogP contribution in [-0.4, -0.2) is 16.8 Å². The molecule has 15 heavy (non-hydrogen) atoms. The number of aliphatic hydroxyl groups is 1. The Balaban J connectivity index is 2.50. The van der Waals surface area contributed by atoms with E-state index >= 15 is 0 Å². The number of rotatable bonds is 0. The van der Waals surface area contributed by atoms with Crippen LogP contribution in [-0.2, 0) is 0 Å². The van der Waals surface area contributed by atoms with Crippen molar-refractivity contribution in [1.29, 1.82) is 0 Å². The maximum absolute atomic E-state index is 11.1. The van der Waals surface area contributed by atoms with E-state index in [0.29, 0.717) is 16.0 Å². The first-order valence-corrected chi connectivity index (χ1v) is 4.77. The molecule has 0 aromatic carbocycles. The highest BCUT2D eigenvalue weighted by atomic mass is 16.5. The molecular weight excluding hydrogens is 196 g/mol. The molecule has 0 unspecified atom stereocenters. The predicted octanol–water partition coefficient (Wildman–Crippen LogP) is -0.148. The molecule has 5 nitrogen and oxygen atoms in total. The van der Waals surface area contributed by atoms with Crippen LogP contribution in [0, 0.1) is 5.21 Å². The molecule has 0 saturated carbocycles. The molecule has 0 radical (unpaired) electrons. The van der Waals surface area contributed by atoms with Crippen LogP contribution in [0.5, 0.6) is 5.75 Å². The summed E-state index contributed by atoms with van der Waals surface area (Å²) in [5, 5.41) is 21.0. The third-order valence-electron chi connectivity index (χ3n) is 2.71. The summed E-state index contributed by atoms with van der Waals surface area (Å²) in [4.78, 5) is 0. The van der Waals surface area contributed by atoms with Crippen molar-refractivity contribution >= 4 is 0 Å². The van der Waals surface area contributed by atoms with Crippen LogP contribution in [0.25, 0.3) is 0 Å². The molecule has 0 spiro atoms. The van der Waals surface area contributed by atoms with E-state index in [9.17, 15) is 10.3 Å². The van der Waals surface area contributed by atoms with Gasteiger partial charge in [0.15, 0.2) is 11.9 Å². The lowest BCUT2D eigenvalue weighted by molar-refractivity contribution is -0.606. The second kappa shape index (κ2) is 3.08. The molecule has 1 aromatic rings. The molecule has 82 valence electrons. The summed E-state index contributed by atoms with van der Waals surface area (Å²) < 4.78 is 6.18. The Morgan fingerprint density at radius 3 is 2.93 bits per heavy atom. The number of pyridine rings is 1. The van der Waals surface area contributed by atoms with Gasteiger partial charge in [0.1, 0.15) is 11.7 Å². The highest BCUT2D eigenvalue weighted by molar-refractivity contribution is 5.35. The molecule has 1 aromatic heterocycles. The topological polar surface area (TPSA) is 82.4 Å². The second-order valence-corrected chi connectivity index (χ2v) is 4.30. The summed E-state index contributed by atoms with van der Waals surface area (Å²) >= 11 is 0. The maximum Gasteiger partial charge on any atom is 0.222 e. The number of ether oxygens (including phenoxy) is 1. The molecule has 0 aliphatic carbocycles. The van der Waals surface area contributed by atoms with Gasteiger partial charge in [0.2, 0.25) is 6.20 Å². The lowest BCUT2D eigenvalue weighted by Gasteiger charge is -2.39. The van der Waals surface area contributed by atoms with E-state index in [1.165, 1.54) is 12.4 Å². The summed E-state index contributed by atoms with van der Waals surface area (Å²) in [6, 6.07) is 1.05. The van der Waals surface area contributed by atoms with E-state index in [1.807, 2.05) is 0 Å².